The third kappa shape index (κ3) is 3.61. The zero-order chi connectivity index (χ0) is 16.9. The van der Waals surface area contributed by atoms with Crippen LogP contribution in [0.25, 0.3) is 0 Å². The summed E-state index contributed by atoms with van der Waals surface area (Å²) < 4.78 is 0. The molecule has 0 radical (unpaired) electrons. The molecule has 1 N–H and O–H groups in total. The normalized spacial score (nSPS) is 14.2. The molecule has 1 saturated heterocycles. The number of amides is 2. The molecule has 0 saturated carbocycles. The van der Waals surface area contributed by atoms with E-state index in [1.165, 1.54) is 0 Å². The lowest BCUT2D eigenvalue weighted by atomic mass is 10.2. The van der Waals surface area contributed by atoms with Crippen LogP contribution in [-0.2, 0) is 0 Å². The van der Waals surface area contributed by atoms with Crippen LogP contribution in [0.3, 0.4) is 0 Å². The average Bonchev–Trinajstić information content (AvgIpc) is 2.64. The van der Waals surface area contributed by atoms with Crippen LogP contribution in [0.2, 0.25) is 5.02 Å². The van der Waals surface area contributed by atoms with Crippen molar-refractivity contribution in [2.24, 2.45) is 0 Å². The lowest BCUT2D eigenvalue weighted by Crippen LogP contribution is -2.50. The van der Waals surface area contributed by atoms with E-state index in [9.17, 15) is 4.79 Å². The number of nitrogens with zero attached hydrogens (tertiary/aromatic N) is 3. The van der Waals surface area contributed by atoms with Gasteiger partial charge < -0.3 is 15.1 Å². The fraction of sp³-hybridized carbons (Fsp3) is 0.222. The molecular weight excluding hydrogens is 324 g/mol. The monoisotopic (exact) mass is 340 g/mol. The van der Waals surface area contributed by atoms with Gasteiger partial charge in [-0.3, -0.25) is 0 Å². The minimum Gasteiger partial charge on any atom is -0.368 e. The van der Waals surface area contributed by atoms with E-state index < -0.39 is 0 Å². The minimum atomic E-state index is -0.137. The van der Waals surface area contributed by atoms with Gasteiger partial charge in [-0.2, -0.15) is 5.26 Å². The van der Waals surface area contributed by atoms with Gasteiger partial charge in [0.2, 0.25) is 0 Å². The van der Waals surface area contributed by atoms with Gasteiger partial charge in [0.05, 0.1) is 22.3 Å². The number of carbonyl (C=O) groups excluding carboxylic acids is 1. The first-order chi connectivity index (χ1) is 11.7. The number of piperazine rings is 1. The number of nitriles is 1. The maximum absolute atomic E-state index is 12.3. The van der Waals surface area contributed by atoms with Gasteiger partial charge in [-0.05, 0) is 36.4 Å². The van der Waals surface area contributed by atoms with Crippen LogP contribution in [-0.4, -0.2) is 37.1 Å². The number of anilines is 2. The molecule has 1 aliphatic rings. The second-order valence-electron chi connectivity index (χ2n) is 5.54. The second kappa shape index (κ2) is 7.24. The summed E-state index contributed by atoms with van der Waals surface area (Å²) in [6, 6.07) is 16.7. The number of carbonyl (C=O) groups is 1. The third-order valence-electron chi connectivity index (χ3n) is 4.04. The Hall–Kier alpha value is -2.71. The minimum absolute atomic E-state index is 0.137. The smallest absolute Gasteiger partial charge is 0.322 e. The Bertz CT molecular complexity index is 761. The van der Waals surface area contributed by atoms with Crippen molar-refractivity contribution < 1.29 is 4.79 Å². The number of hydrogen-bond acceptors (Lipinski definition) is 3. The molecule has 6 heteroatoms. The molecule has 1 aliphatic heterocycles. The van der Waals surface area contributed by atoms with Crippen molar-refractivity contribution in [2.75, 3.05) is 36.4 Å². The van der Waals surface area contributed by atoms with Crippen LogP contribution in [0.4, 0.5) is 16.2 Å². The summed E-state index contributed by atoms with van der Waals surface area (Å²) >= 11 is 6.07. The second-order valence-corrected chi connectivity index (χ2v) is 5.95. The Morgan fingerprint density at radius 1 is 1.04 bits per heavy atom. The van der Waals surface area contributed by atoms with E-state index >= 15 is 0 Å². The van der Waals surface area contributed by atoms with E-state index in [4.69, 9.17) is 16.9 Å². The predicted molar refractivity (Wildman–Crippen MR) is 95.4 cm³/mol. The van der Waals surface area contributed by atoms with Gasteiger partial charge in [0, 0.05) is 31.9 Å². The summed E-state index contributed by atoms with van der Waals surface area (Å²) in [5.74, 6) is 0. The zero-order valence-electron chi connectivity index (χ0n) is 13.1. The number of urea groups is 1. The molecule has 3 rings (SSSR count). The fourth-order valence-corrected chi connectivity index (χ4v) is 2.85. The first kappa shape index (κ1) is 16.2. The van der Waals surface area contributed by atoms with Gasteiger partial charge in [-0.15, -0.1) is 0 Å². The summed E-state index contributed by atoms with van der Waals surface area (Å²) in [5, 5.41) is 12.2. The highest BCUT2D eigenvalue weighted by Crippen LogP contribution is 2.22. The SMILES string of the molecule is N#Cc1ccc(N2CCN(C(=O)Nc3ccccc3Cl)CC2)cc1. The molecule has 0 aliphatic carbocycles. The van der Waals surface area contributed by atoms with Gasteiger partial charge >= 0.3 is 6.03 Å². The topological polar surface area (TPSA) is 59.4 Å². The van der Waals surface area contributed by atoms with E-state index in [0.717, 1.165) is 18.8 Å². The largest absolute Gasteiger partial charge is 0.368 e. The standard InChI is InChI=1S/C18H17ClN4O/c19-16-3-1-2-4-17(16)21-18(24)23-11-9-22(10-12-23)15-7-5-14(13-20)6-8-15/h1-8H,9-12H2,(H,21,24). The highest BCUT2D eigenvalue weighted by atomic mass is 35.5. The number of hydrogen-bond donors (Lipinski definition) is 1. The fourth-order valence-electron chi connectivity index (χ4n) is 2.67. The Morgan fingerprint density at radius 2 is 1.71 bits per heavy atom. The van der Waals surface area contributed by atoms with Gasteiger partial charge in [0.15, 0.2) is 0 Å². The Morgan fingerprint density at radius 3 is 2.33 bits per heavy atom. The Labute approximate surface area is 146 Å². The number of para-hydroxylation sites is 1. The number of benzene rings is 2. The van der Waals surface area contributed by atoms with E-state index in [0.29, 0.717) is 29.4 Å². The van der Waals surface area contributed by atoms with Gasteiger partial charge in [-0.1, -0.05) is 23.7 Å². The van der Waals surface area contributed by atoms with E-state index in [2.05, 4.69) is 16.3 Å². The molecule has 0 spiro atoms. The quantitative estimate of drug-likeness (QED) is 0.909. The van der Waals surface area contributed by atoms with Crippen LogP contribution in [0.15, 0.2) is 48.5 Å². The molecule has 0 bridgehead atoms. The summed E-state index contributed by atoms with van der Waals surface area (Å²) in [5.41, 5.74) is 2.34. The highest BCUT2D eigenvalue weighted by Gasteiger charge is 2.21. The molecular formula is C18H17ClN4O. The molecule has 0 aromatic heterocycles. The first-order valence-electron chi connectivity index (χ1n) is 7.73. The van der Waals surface area contributed by atoms with Crippen molar-refractivity contribution in [1.29, 1.82) is 5.26 Å². The maximum Gasteiger partial charge on any atom is 0.322 e. The summed E-state index contributed by atoms with van der Waals surface area (Å²) in [7, 11) is 0. The molecule has 5 nitrogen and oxygen atoms in total. The molecule has 1 fully saturated rings. The predicted octanol–water partition coefficient (Wildman–Crippen LogP) is 3.57. The molecule has 122 valence electrons. The first-order valence-corrected chi connectivity index (χ1v) is 8.11. The van der Waals surface area contributed by atoms with Crippen molar-refractivity contribution in [3.63, 3.8) is 0 Å². The summed E-state index contributed by atoms with van der Waals surface area (Å²) in [4.78, 5) is 16.3. The van der Waals surface area contributed by atoms with Crippen molar-refractivity contribution in [3.8, 4) is 6.07 Å². The van der Waals surface area contributed by atoms with Crippen LogP contribution >= 0.6 is 11.6 Å². The number of halogens is 1. The average molecular weight is 341 g/mol. The molecule has 2 aromatic carbocycles. The molecule has 0 unspecified atom stereocenters. The highest BCUT2D eigenvalue weighted by molar-refractivity contribution is 6.33. The van der Waals surface area contributed by atoms with Crippen LogP contribution in [0.1, 0.15) is 5.56 Å². The molecule has 2 aromatic rings. The van der Waals surface area contributed by atoms with Gasteiger partial charge in [-0.25, -0.2) is 4.79 Å². The van der Waals surface area contributed by atoms with Crippen LogP contribution < -0.4 is 10.2 Å². The molecule has 1 heterocycles. The molecule has 0 atom stereocenters. The van der Waals surface area contributed by atoms with E-state index in [-0.39, 0.29) is 6.03 Å². The van der Waals surface area contributed by atoms with Gasteiger partial charge in [0.1, 0.15) is 0 Å². The van der Waals surface area contributed by atoms with E-state index in [1.54, 1.807) is 17.0 Å². The van der Waals surface area contributed by atoms with Crippen molar-refractivity contribution in [1.82, 2.24) is 4.90 Å². The van der Waals surface area contributed by atoms with Crippen LogP contribution in [0.5, 0.6) is 0 Å². The number of nitrogens with one attached hydrogen (secondary N) is 1. The number of rotatable bonds is 2. The maximum atomic E-state index is 12.3. The Kier molecular flexibility index (Phi) is 4.88. The lowest BCUT2D eigenvalue weighted by Gasteiger charge is -2.36. The Balaban J connectivity index is 1.57. The molecule has 24 heavy (non-hydrogen) atoms. The third-order valence-corrected chi connectivity index (χ3v) is 4.37. The lowest BCUT2D eigenvalue weighted by molar-refractivity contribution is 0.208. The van der Waals surface area contributed by atoms with Gasteiger partial charge in [0.25, 0.3) is 0 Å². The van der Waals surface area contributed by atoms with Crippen LogP contribution in [0, 0.1) is 11.3 Å². The molecule has 2 amide bonds. The summed E-state index contributed by atoms with van der Waals surface area (Å²) in [6.45, 7) is 2.77. The van der Waals surface area contributed by atoms with E-state index in [1.807, 2.05) is 36.4 Å². The van der Waals surface area contributed by atoms with Crippen molar-refractivity contribution in [2.45, 2.75) is 0 Å². The summed E-state index contributed by atoms with van der Waals surface area (Å²) in [6.07, 6.45) is 0. The van der Waals surface area contributed by atoms with Crippen molar-refractivity contribution >= 4 is 29.0 Å². The zero-order valence-corrected chi connectivity index (χ0v) is 13.8. The van der Waals surface area contributed by atoms with Crippen molar-refractivity contribution in [3.05, 3.63) is 59.1 Å².